The van der Waals surface area contributed by atoms with Crippen LogP contribution in [0.2, 0.25) is 10.2 Å². The van der Waals surface area contributed by atoms with Crippen molar-refractivity contribution in [3.8, 4) is 0 Å². The molecule has 0 unspecified atom stereocenters. The van der Waals surface area contributed by atoms with Gasteiger partial charge in [0, 0.05) is 6.20 Å². The summed E-state index contributed by atoms with van der Waals surface area (Å²) in [6.45, 7) is 0. The Hall–Kier alpha value is -1.76. The number of hydrogen-bond acceptors (Lipinski definition) is 5. The van der Waals surface area contributed by atoms with Crippen LogP contribution in [0.25, 0.3) is 11.0 Å². The number of nitrogens with zero attached hydrogens (tertiary/aromatic N) is 3. The number of anilines is 1. The van der Waals surface area contributed by atoms with Gasteiger partial charge in [-0.2, -0.15) is 8.75 Å². The fourth-order valence-electron chi connectivity index (χ4n) is 1.64. The highest BCUT2D eigenvalue weighted by atomic mass is 35.5. The molecular weight excluding hydrogens is 319 g/mol. The Kier molecular flexibility index (Phi) is 3.52. The quantitative estimate of drug-likeness (QED) is 0.730. The number of fused-ring (bicyclic) bond motifs is 1. The Bertz CT molecular complexity index is 788. The minimum Gasteiger partial charge on any atom is -0.319 e. The van der Waals surface area contributed by atoms with E-state index < -0.39 is 0 Å². The standard InChI is InChI=1S/C12H6Cl2N4OS/c13-7-2-3-8-11(18-20-17-8)10(7)16-12(19)6-1-4-9(14)15-5-6/h1-5H,(H,16,19). The maximum atomic E-state index is 12.1. The molecular formula is C12H6Cl2N4OS. The lowest BCUT2D eigenvalue weighted by molar-refractivity contribution is 0.102. The first-order valence-corrected chi connectivity index (χ1v) is 6.97. The monoisotopic (exact) mass is 324 g/mol. The molecule has 1 aromatic carbocycles. The SMILES string of the molecule is O=C(Nc1c(Cl)ccc2nsnc12)c1ccc(Cl)nc1. The number of carbonyl (C=O) groups is 1. The van der Waals surface area contributed by atoms with Crippen LogP contribution in [0, 0.1) is 0 Å². The van der Waals surface area contributed by atoms with Gasteiger partial charge in [0.2, 0.25) is 0 Å². The molecule has 0 fully saturated rings. The Labute approximate surface area is 127 Å². The van der Waals surface area contributed by atoms with Crippen LogP contribution in [-0.4, -0.2) is 19.6 Å². The number of aromatic nitrogens is 3. The van der Waals surface area contributed by atoms with Crippen LogP contribution in [-0.2, 0) is 0 Å². The van der Waals surface area contributed by atoms with Gasteiger partial charge in [0.25, 0.3) is 5.91 Å². The molecule has 3 rings (SSSR count). The zero-order chi connectivity index (χ0) is 14.1. The second kappa shape index (κ2) is 5.32. The van der Waals surface area contributed by atoms with Gasteiger partial charge in [0.1, 0.15) is 16.2 Å². The summed E-state index contributed by atoms with van der Waals surface area (Å²) in [5, 5.41) is 3.45. The van der Waals surface area contributed by atoms with Crippen molar-refractivity contribution in [1.82, 2.24) is 13.7 Å². The Morgan fingerprint density at radius 1 is 1.15 bits per heavy atom. The van der Waals surface area contributed by atoms with Gasteiger partial charge in [-0.3, -0.25) is 4.79 Å². The summed E-state index contributed by atoms with van der Waals surface area (Å²) in [6, 6.07) is 6.54. The van der Waals surface area contributed by atoms with E-state index in [2.05, 4.69) is 19.0 Å². The molecule has 5 nitrogen and oxygen atoms in total. The first-order valence-electron chi connectivity index (χ1n) is 5.49. The number of nitrogens with one attached hydrogen (secondary N) is 1. The van der Waals surface area contributed by atoms with Crippen LogP contribution < -0.4 is 5.32 Å². The third-order valence-corrected chi connectivity index (χ3v) is 3.69. The first-order chi connectivity index (χ1) is 9.65. The molecule has 2 aromatic heterocycles. The largest absolute Gasteiger partial charge is 0.319 e. The second-order valence-corrected chi connectivity index (χ2v) is 5.20. The van der Waals surface area contributed by atoms with E-state index in [0.717, 1.165) is 11.7 Å². The van der Waals surface area contributed by atoms with Crippen molar-refractivity contribution in [1.29, 1.82) is 0 Å². The summed E-state index contributed by atoms with van der Waals surface area (Å²) < 4.78 is 8.24. The van der Waals surface area contributed by atoms with E-state index in [-0.39, 0.29) is 5.91 Å². The maximum Gasteiger partial charge on any atom is 0.257 e. The average Bonchev–Trinajstić information content (AvgIpc) is 2.91. The molecule has 0 aliphatic rings. The molecule has 0 radical (unpaired) electrons. The van der Waals surface area contributed by atoms with Crippen molar-refractivity contribution in [3.63, 3.8) is 0 Å². The molecule has 8 heteroatoms. The summed E-state index contributed by atoms with van der Waals surface area (Å²) >= 11 is 12.8. The van der Waals surface area contributed by atoms with Crippen molar-refractivity contribution in [2.45, 2.75) is 0 Å². The Morgan fingerprint density at radius 3 is 2.75 bits per heavy atom. The van der Waals surface area contributed by atoms with Gasteiger partial charge in [0.05, 0.1) is 28.0 Å². The molecule has 1 N–H and O–H groups in total. The van der Waals surface area contributed by atoms with Crippen LogP contribution >= 0.6 is 34.9 Å². The number of benzene rings is 1. The third kappa shape index (κ3) is 2.45. The molecule has 0 saturated heterocycles. The highest BCUT2D eigenvalue weighted by molar-refractivity contribution is 7.00. The number of rotatable bonds is 2. The van der Waals surface area contributed by atoms with E-state index in [1.807, 2.05) is 0 Å². The summed E-state index contributed by atoms with van der Waals surface area (Å²) in [5.41, 5.74) is 2.07. The molecule has 0 saturated carbocycles. The van der Waals surface area contributed by atoms with Crippen LogP contribution in [0.4, 0.5) is 5.69 Å². The van der Waals surface area contributed by atoms with E-state index in [1.165, 1.54) is 6.20 Å². The van der Waals surface area contributed by atoms with Crippen molar-refractivity contribution < 1.29 is 4.79 Å². The van der Waals surface area contributed by atoms with Crippen LogP contribution in [0.3, 0.4) is 0 Å². The number of hydrogen-bond donors (Lipinski definition) is 1. The highest BCUT2D eigenvalue weighted by Crippen LogP contribution is 2.30. The van der Waals surface area contributed by atoms with Crippen LogP contribution in [0.1, 0.15) is 10.4 Å². The molecule has 0 spiro atoms. The minimum atomic E-state index is -0.337. The fraction of sp³-hybridized carbons (Fsp3) is 0. The smallest absolute Gasteiger partial charge is 0.257 e. The summed E-state index contributed by atoms with van der Waals surface area (Å²) in [6.07, 6.45) is 1.39. The molecule has 1 amide bonds. The Morgan fingerprint density at radius 2 is 2.00 bits per heavy atom. The third-order valence-electron chi connectivity index (χ3n) is 2.61. The molecule has 0 aliphatic carbocycles. The zero-order valence-electron chi connectivity index (χ0n) is 9.80. The predicted octanol–water partition coefficient (Wildman–Crippen LogP) is 3.65. The van der Waals surface area contributed by atoms with Gasteiger partial charge >= 0.3 is 0 Å². The summed E-state index contributed by atoms with van der Waals surface area (Å²) in [4.78, 5) is 16.0. The van der Waals surface area contributed by atoms with Crippen molar-refractivity contribution in [2.75, 3.05) is 5.32 Å². The number of carbonyl (C=O) groups excluding carboxylic acids is 1. The van der Waals surface area contributed by atoms with Crippen molar-refractivity contribution >= 4 is 57.6 Å². The van der Waals surface area contributed by atoms with E-state index in [4.69, 9.17) is 23.2 Å². The fourth-order valence-corrected chi connectivity index (χ4v) is 2.50. The lowest BCUT2D eigenvalue weighted by atomic mass is 10.2. The lowest BCUT2D eigenvalue weighted by Gasteiger charge is -2.07. The topological polar surface area (TPSA) is 67.8 Å². The van der Waals surface area contributed by atoms with Gasteiger partial charge in [-0.25, -0.2) is 4.98 Å². The van der Waals surface area contributed by atoms with E-state index in [1.54, 1.807) is 24.3 Å². The molecule has 3 aromatic rings. The van der Waals surface area contributed by atoms with Gasteiger partial charge in [-0.05, 0) is 24.3 Å². The van der Waals surface area contributed by atoms with E-state index >= 15 is 0 Å². The van der Waals surface area contributed by atoms with Crippen molar-refractivity contribution in [3.05, 3.63) is 46.2 Å². The Balaban J connectivity index is 1.96. The molecule has 0 bridgehead atoms. The summed E-state index contributed by atoms with van der Waals surface area (Å²) in [7, 11) is 0. The highest BCUT2D eigenvalue weighted by Gasteiger charge is 2.14. The molecule has 0 aliphatic heterocycles. The van der Waals surface area contributed by atoms with Crippen LogP contribution in [0.5, 0.6) is 0 Å². The average molecular weight is 325 g/mol. The maximum absolute atomic E-state index is 12.1. The molecule has 20 heavy (non-hydrogen) atoms. The predicted molar refractivity (Wildman–Crippen MR) is 79.6 cm³/mol. The van der Waals surface area contributed by atoms with Crippen LogP contribution in [0.15, 0.2) is 30.5 Å². The van der Waals surface area contributed by atoms with E-state index in [0.29, 0.717) is 32.5 Å². The molecule has 100 valence electrons. The number of halogens is 2. The van der Waals surface area contributed by atoms with Gasteiger partial charge in [0.15, 0.2) is 0 Å². The second-order valence-electron chi connectivity index (χ2n) is 3.88. The normalized spacial score (nSPS) is 10.7. The molecule has 0 atom stereocenters. The summed E-state index contributed by atoms with van der Waals surface area (Å²) in [5.74, 6) is -0.337. The first kappa shape index (κ1) is 13.2. The minimum absolute atomic E-state index is 0.324. The van der Waals surface area contributed by atoms with E-state index in [9.17, 15) is 4.79 Å². The lowest BCUT2D eigenvalue weighted by Crippen LogP contribution is -2.12. The van der Waals surface area contributed by atoms with Gasteiger partial charge in [-0.15, -0.1) is 0 Å². The van der Waals surface area contributed by atoms with Crippen molar-refractivity contribution in [2.24, 2.45) is 0 Å². The van der Waals surface area contributed by atoms with Gasteiger partial charge < -0.3 is 5.32 Å². The zero-order valence-corrected chi connectivity index (χ0v) is 12.1. The number of amides is 1. The molecule has 2 heterocycles. The number of pyridine rings is 1. The van der Waals surface area contributed by atoms with Gasteiger partial charge in [-0.1, -0.05) is 23.2 Å².